The summed E-state index contributed by atoms with van der Waals surface area (Å²) in [5, 5.41) is 3.65. The fourth-order valence-electron chi connectivity index (χ4n) is 3.83. The Labute approximate surface area is 158 Å². The monoisotopic (exact) mass is 367 g/mol. The van der Waals surface area contributed by atoms with Crippen LogP contribution in [0.5, 0.6) is 0 Å². The number of carbonyl (C=O) groups is 1. The number of halogens is 1. The number of fused-ring (bicyclic) bond motifs is 3. The van der Waals surface area contributed by atoms with Crippen LogP contribution in [0.3, 0.4) is 0 Å². The molecule has 1 N–H and O–H groups in total. The van der Waals surface area contributed by atoms with Crippen LogP contribution in [0.2, 0.25) is 5.02 Å². The van der Waals surface area contributed by atoms with Gasteiger partial charge in [-0.15, -0.1) is 0 Å². The van der Waals surface area contributed by atoms with Gasteiger partial charge in [-0.3, -0.25) is 4.79 Å². The zero-order valence-corrected chi connectivity index (χ0v) is 16.0. The third kappa shape index (κ3) is 2.99. The number of nitrogens with zero attached hydrogens (tertiary/aromatic N) is 2. The highest BCUT2D eigenvalue weighted by Crippen LogP contribution is 2.31. The number of hydrogen-bond acceptors (Lipinski definition) is 2. The summed E-state index contributed by atoms with van der Waals surface area (Å²) in [6, 6.07) is 8.08. The summed E-state index contributed by atoms with van der Waals surface area (Å²) in [5.41, 5.74) is 7.23. The molecule has 1 unspecified atom stereocenters. The van der Waals surface area contributed by atoms with E-state index in [-0.39, 0.29) is 11.8 Å². The van der Waals surface area contributed by atoms with Crippen molar-refractivity contribution >= 4 is 28.8 Å². The van der Waals surface area contributed by atoms with E-state index in [0.717, 1.165) is 46.7 Å². The summed E-state index contributed by atoms with van der Waals surface area (Å²) in [4.78, 5) is 17.6. The molecule has 26 heavy (non-hydrogen) atoms. The van der Waals surface area contributed by atoms with E-state index in [9.17, 15) is 4.79 Å². The summed E-state index contributed by atoms with van der Waals surface area (Å²) < 4.78 is 2.12. The van der Waals surface area contributed by atoms with Gasteiger partial charge in [-0.25, -0.2) is 4.98 Å². The summed E-state index contributed by atoms with van der Waals surface area (Å²) in [6.45, 7) is 6.04. The quantitative estimate of drug-likeness (QED) is 0.716. The van der Waals surface area contributed by atoms with Crippen LogP contribution in [0.1, 0.15) is 34.5 Å². The number of benzene rings is 1. The number of pyridine rings is 1. The lowest BCUT2D eigenvalue weighted by molar-refractivity contribution is -0.120. The normalized spacial score (nSPS) is 16.5. The van der Waals surface area contributed by atoms with E-state index in [0.29, 0.717) is 11.4 Å². The van der Waals surface area contributed by atoms with Crippen molar-refractivity contribution < 1.29 is 4.79 Å². The van der Waals surface area contributed by atoms with E-state index in [1.807, 2.05) is 26.0 Å². The van der Waals surface area contributed by atoms with E-state index in [4.69, 9.17) is 16.6 Å². The molecule has 0 aliphatic heterocycles. The highest BCUT2D eigenvalue weighted by Gasteiger charge is 2.28. The van der Waals surface area contributed by atoms with Crippen molar-refractivity contribution in [3.63, 3.8) is 0 Å². The molecule has 3 aromatic rings. The van der Waals surface area contributed by atoms with E-state index in [2.05, 4.69) is 35.0 Å². The summed E-state index contributed by atoms with van der Waals surface area (Å²) in [7, 11) is 0. The highest BCUT2D eigenvalue weighted by molar-refractivity contribution is 6.34. The minimum absolute atomic E-state index is 0.0339. The molecular weight excluding hydrogens is 346 g/mol. The molecule has 4 nitrogen and oxygen atoms in total. The van der Waals surface area contributed by atoms with Crippen molar-refractivity contribution in [2.45, 2.75) is 40.0 Å². The molecule has 0 bridgehead atoms. The molecule has 0 radical (unpaired) electrons. The number of anilines is 1. The Morgan fingerprint density at radius 1 is 1.23 bits per heavy atom. The maximum Gasteiger partial charge on any atom is 0.227 e. The Morgan fingerprint density at radius 2 is 2.04 bits per heavy atom. The third-order valence-corrected chi connectivity index (χ3v) is 5.48. The first-order valence-electron chi connectivity index (χ1n) is 8.96. The maximum atomic E-state index is 12.9. The number of nitrogens with one attached hydrogen (secondary N) is 1. The van der Waals surface area contributed by atoms with Gasteiger partial charge >= 0.3 is 0 Å². The van der Waals surface area contributed by atoms with Gasteiger partial charge in [0.25, 0.3) is 0 Å². The average molecular weight is 368 g/mol. The van der Waals surface area contributed by atoms with Crippen molar-refractivity contribution in [1.29, 1.82) is 0 Å². The Hall–Kier alpha value is -2.33. The molecule has 134 valence electrons. The molecule has 0 saturated carbocycles. The fourth-order valence-corrected chi connectivity index (χ4v) is 4.20. The van der Waals surface area contributed by atoms with Gasteiger partial charge in [0, 0.05) is 24.2 Å². The van der Waals surface area contributed by atoms with Crippen LogP contribution in [0.15, 0.2) is 30.5 Å². The molecule has 1 aromatic carbocycles. The lowest BCUT2D eigenvalue weighted by atomic mass is 9.89. The first kappa shape index (κ1) is 17.1. The van der Waals surface area contributed by atoms with Crippen molar-refractivity contribution in [3.05, 3.63) is 63.6 Å². The molecule has 2 heterocycles. The predicted octanol–water partition coefficient (Wildman–Crippen LogP) is 4.66. The summed E-state index contributed by atoms with van der Waals surface area (Å²) in [5.74, 6) is -0.0352. The van der Waals surface area contributed by atoms with Gasteiger partial charge in [0.15, 0.2) is 0 Å². The first-order valence-corrected chi connectivity index (χ1v) is 9.34. The zero-order valence-electron chi connectivity index (χ0n) is 15.3. The molecular formula is C21H22ClN3O. The van der Waals surface area contributed by atoms with E-state index >= 15 is 0 Å². The van der Waals surface area contributed by atoms with Crippen LogP contribution in [-0.2, 0) is 17.6 Å². The lowest BCUT2D eigenvalue weighted by Crippen LogP contribution is -2.29. The third-order valence-electron chi connectivity index (χ3n) is 5.18. The van der Waals surface area contributed by atoms with Crippen LogP contribution >= 0.6 is 11.6 Å². The van der Waals surface area contributed by atoms with E-state index in [1.54, 1.807) is 0 Å². The molecule has 0 saturated heterocycles. The average Bonchev–Trinajstić information content (AvgIpc) is 2.94. The number of imidazole rings is 1. The molecule has 1 amide bonds. The first-order chi connectivity index (χ1) is 12.4. The maximum absolute atomic E-state index is 12.9. The number of aromatic nitrogens is 2. The Bertz CT molecular complexity index is 999. The van der Waals surface area contributed by atoms with Gasteiger partial charge in [-0.05, 0) is 68.5 Å². The molecule has 4 rings (SSSR count). The fraction of sp³-hybridized carbons (Fsp3) is 0.333. The Morgan fingerprint density at radius 3 is 2.81 bits per heavy atom. The second-order valence-electron chi connectivity index (χ2n) is 7.31. The molecule has 1 aliphatic rings. The predicted molar refractivity (Wildman–Crippen MR) is 105 cm³/mol. The van der Waals surface area contributed by atoms with Crippen LogP contribution in [0.4, 0.5) is 5.69 Å². The molecule has 0 spiro atoms. The molecule has 2 aromatic heterocycles. The Balaban J connectivity index is 1.59. The number of amides is 1. The zero-order chi connectivity index (χ0) is 18.4. The topological polar surface area (TPSA) is 46.4 Å². The van der Waals surface area contributed by atoms with Crippen LogP contribution < -0.4 is 5.32 Å². The Kier molecular flexibility index (Phi) is 4.23. The largest absolute Gasteiger partial charge is 0.324 e. The van der Waals surface area contributed by atoms with Gasteiger partial charge < -0.3 is 9.72 Å². The van der Waals surface area contributed by atoms with Gasteiger partial charge in [-0.1, -0.05) is 17.7 Å². The van der Waals surface area contributed by atoms with Crippen LogP contribution in [-0.4, -0.2) is 15.3 Å². The molecule has 0 fully saturated rings. The SMILES string of the molecule is Cc1cc(C)c(NC(=O)C2CCc3nc4cc(C)ccn4c3C2)c(Cl)c1. The van der Waals surface area contributed by atoms with Gasteiger partial charge in [0.2, 0.25) is 5.91 Å². The van der Waals surface area contributed by atoms with E-state index < -0.39 is 0 Å². The number of rotatable bonds is 2. The van der Waals surface area contributed by atoms with Gasteiger partial charge in [0.1, 0.15) is 5.65 Å². The molecule has 5 heteroatoms. The number of carbonyl (C=O) groups excluding carboxylic acids is 1. The standard InChI is InChI=1S/C21H22ClN3O/c1-12-6-7-25-18-11-15(4-5-17(18)23-19(25)10-12)21(26)24-20-14(3)8-13(2)9-16(20)22/h6-10,15H,4-5,11H2,1-3H3,(H,24,26). The smallest absolute Gasteiger partial charge is 0.227 e. The van der Waals surface area contributed by atoms with Gasteiger partial charge in [-0.2, -0.15) is 0 Å². The van der Waals surface area contributed by atoms with Gasteiger partial charge in [0.05, 0.1) is 16.4 Å². The second-order valence-corrected chi connectivity index (χ2v) is 7.71. The minimum atomic E-state index is -0.0690. The number of aryl methyl sites for hydroxylation is 4. The van der Waals surface area contributed by atoms with Crippen molar-refractivity contribution in [2.24, 2.45) is 5.92 Å². The van der Waals surface area contributed by atoms with Crippen molar-refractivity contribution in [1.82, 2.24) is 9.38 Å². The van der Waals surface area contributed by atoms with Crippen LogP contribution in [0, 0.1) is 26.7 Å². The van der Waals surface area contributed by atoms with E-state index in [1.165, 1.54) is 5.56 Å². The summed E-state index contributed by atoms with van der Waals surface area (Å²) in [6.07, 6.45) is 4.39. The number of hydrogen-bond donors (Lipinski definition) is 1. The second kappa shape index (κ2) is 6.44. The van der Waals surface area contributed by atoms with Crippen LogP contribution in [0.25, 0.3) is 5.65 Å². The lowest BCUT2D eigenvalue weighted by Gasteiger charge is -2.22. The van der Waals surface area contributed by atoms with Crippen molar-refractivity contribution in [3.8, 4) is 0 Å². The highest BCUT2D eigenvalue weighted by atomic mass is 35.5. The molecule has 1 aliphatic carbocycles. The minimum Gasteiger partial charge on any atom is -0.324 e. The van der Waals surface area contributed by atoms with Crippen molar-refractivity contribution in [2.75, 3.05) is 5.32 Å². The molecule has 1 atom stereocenters. The summed E-state index contributed by atoms with van der Waals surface area (Å²) >= 11 is 6.35.